The number of para-hydroxylation sites is 1. The molecule has 0 atom stereocenters. The molecule has 5 heteroatoms. The Morgan fingerprint density at radius 2 is 1.50 bits per heavy atom. The first-order valence-corrected chi connectivity index (χ1v) is 5.34. The van der Waals surface area contributed by atoms with Crippen LogP contribution in [0.3, 0.4) is 0 Å². The van der Waals surface area contributed by atoms with Gasteiger partial charge in [0.1, 0.15) is 11.5 Å². The van der Waals surface area contributed by atoms with E-state index in [0.29, 0.717) is 11.4 Å². The van der Waals surface area contributed by atoms with Crippen LogP contribution in [-0.4, -0.2) is 6.03 Å². The van der Waals surface area contributed by atoms with Gasteiger partial charge >= 0.3 is 6.03 Å². The molecule has 0 bridgehead atoms. The number of rotatable bonds is 3. The third-order valence-electron chi connectivity index (χ3n) is 2.33. The van der Waals surface area contributed by atoms with Gasteiger partial charge in [-0.25, -0.2) is 15.6 Å². The standard InChI is InChI=1S/C13H13N3O2/c14-13(17)16(15)10-6-8-12(9-7-10)18-11-4-2-1-3-5-11/h1-9H,15H2,(H2,14,17). The van der Waals surface area contributed by atoms with E-state index >= 15 is 0 Å². The molecule has 18 heavy (non-hydrogen) atoms. The predicted molar refractivity (Wildman–Crippen MR) is 69.2 cm³/mol. The Balaban J connectivity index is 2.11. The number of hydrogen-bond acceptors (Lipinski definition) is 3. The van der Waals surface area contributed by atoms with Crippen molar-refractivity contribution in [1.82, 2.24) is 0 Å². The van der Waals surface area contributed by atoms with Crippen LogP contribution in [0.4, 0.5) is 10.5 Å². The van der Waals surface area contributed by atoms with Gasteiger partial charge in [-0.3, -0.25) is 0 Å². The van der Waals surface area contributed by atoms with Crippen LogP contribution in [0.1, 0.15) is 0 Å². The largest absolute Gasteiger partial charge is 0.457 e. The van der Waals surface area contributed by atoms with E-state index in [9.17, 15) is 4.79 Å². The number of carbonyl (C=O) groups is 1. The van der Waals surface area contributed by atoms with E-state index in [1.54, 1.807) is 24.3 Å². The normalized spacial score (nSPS) is 9.83. The monoisotopic (exact) mass is 243 g/mol. The third kappa shape index (κ3) is 2.78. The lowest BCUT2D eigenvalue weighted by Gasteiger charge is -2.14. The highest BCUT2D eigenvalue weighted by Crippen LogP contribution is 2.23. The number of primary amides is 1. The molecule has 0 aliphatic heterocycles. The summed E-state index contributed by atoms with van der Waals surface area (Å²) in [4.78, 5) is 10.9. The van der Waals surface area contributed by atoms with Crippen LogP contribution < -0.4 is 21.3 Å². The molecule has 92 valence electrons. The van der Waals surface area contributed by atoms with Gasteiger partial charge in [0.2, 0.25) is 0 Å². The smallest absolute Gasteiger partial charge is 0.333 e. The molecular weight excluding hydrogens is 230 g/mol. The quantitative estimate of drug-likeness (QED) is 0.492. The van der Waals surface area contributed by atoms with Gasteiger partial charge in [-0.1, -0.05) is 18.2 Å². The fourth-order valence-corrected chi connectivity index (χ4v) is 1.43. The average molecular weight is 243 g/mol. The molecule has 0 fully saturated rings. The molecule has 2 amide bonds. The van der Waals surface area contributed by atoms with Crippen molar-refractivity contribution in [3.05, 3.63) is 54.6 Å². The van der Waals surface area contributed by atoms with E-state index in [2.05, 4.69) is 0 Å². The summed E-state index contributed by atoms with van der Waals surface area (Å²) in [5, 5.41) is 0.867. The van der Waals surface area contributed by atoms with Crippen LogP contribution in [0.25, 0.3) is 0 Å². The van der Waals surface area contributed by atoms with Gasteiger partial charge < -0.3 is 10.5 Å². The van der Waals surface area contributed by atoms with Crippen molar-refractivity contribution in [2.24, 2.45) is 11.6 Å². The third-order valence-corrected chi connectivity index (χ3v) is 2.33. The van der Waals surface area contributed by atoms with E-state index in [4.69, 9.17) is 16.3 Å². The molecule has 0 saturated heterocycles. The highest BCUT2D eigenvalue weighted by Gasteiger charge is 2.06. The molecule has 2 aromatic carbocycles. The average Bonchev–Trinajstić information content (AvgIpc) is 2.40. The second-order valence-corrected chi connectivity index (χ2v) is 3.62. The van der Waals surface area contributed by atoms with Gasteiger partial charge in [-0.15, -0.1) is 0 Å². The Hall–Kier alpha value is -2.53. The molecule has 0 heterocycles. The molecule has 0 aromatic heterocycles. The molecule has 2 aromatic rings. The first-order valence-electron chi connectivity index (χ1n) is 5.34. The Morgan fingerprint density at radius 1 is 0.944 bits per heavy atom. The van der Waals surface area contributed by atoms with Crippen molar-refractivity contribution in [2.45, 2.75) is 0 Å². The van der Waals surface area contributed by atoms with Gasteiger partial charge in [0, 0.05) is 0 Å². The summed E-state index contributed by atoms with van der Waals surface area (Å²) >= 11 is 0. The number of carbonyl (C=O) groups excluding carboxylic acids is 1. The van der Waals surface area contributed by atoms with Gasteiger partial charge in [-0.2, -0.15) is 0 Å². The first-order chi connectivity index (χ1) is 8.66. The summed E-state index contributed by atoms with van der Waals surface area (Å²) in [7, 11) is 0. The maximum Gasteiger partial charge on any atom is 0.333 e. The van der Waals surface area contributed by atoms with Crippen molar-refractivity contribution < 1.29 is 9.53 Å². The van der Waals surface area contributed by atoms with Crippen LogP contribution in [0, 0.1) is 0 Å². The van der Waals surface area contributed by atoms with E-state index < -0.39 is 6.03 Å². The minimum absolute atomic E-state index is 0.503. The topological polar surface area (TPSA) is 81.6 Å². The van der Waals surface area contributed by atoms with Crippen LogP contribution in [0.15, 0.2) is 54.6 Å². The number of ether oxygens (including phenoxy) is 1. The van der Waals surface area contributed by atoms with E-state index in [1.165, 1.54) is 0 Å². The van der Waals surface area contributed by atoms with Crippen molar-refractivity contribution in [2.75, 3.05) is 5.01 Å². The first kappa shape index (κ1) is 11.9. The zero-order valence-corrected chi connectivity index (χ0v) is 9.61. The molecule has 5 nitrogen and oxygen atoms in total. The minimum Gasteiger partial charge on any atom is -0.457 e. The van der Waals surface area contributed by atoms with Crippen molar-refractivity contribution >= 4 is 11.7 Å². The molecule has 4 N–H and O–H groups in total. The Bertz CT molecular complexity index is 526. The van der Waals surface area contributed by atoms with Crippen molar-refractivity contribution in [3.63, 3.8) is 0 Å². The van der Waals surface area contributed by atoms with E-state index in [1.807, 2.05) is 30.3 Å². The summed E-state index contributed by atoms with van der Waals surface area (Å²) in [6.45, 7) is 0. The lowest BCUT2D eigenvalue weighted by atomic mass is 10.3. The number of nitrogens with two attached hydrogens (primary N) is 2. The Kier molecular flexibility index (Phi) is 3.45. The number of anilines is 1. The molecule has 0 aliphatic rings. The zero-order valence-electron chi connectivity index (χ0n) is 9.61. The number of nitrogens with zero attached hydrogens (tertiary/aromatic N) is 1. The van der Waals surface area contributed by atoms with Crippen molar-refractivity contribution in [1.29, 1.82) is 0 Å². The maximum absolute atomic E-state index is 10.9. The lowest BCUT2D eigenvalue weighted by molar-refractivity contribution is 0.254. The lowest BCUT2D eigenvalue weighted by Crippen LogP contribution is -2.41. The number of benzene rings is 2. The zero-order chi connectivity index (χ0) is 13.0. The predicted octanol–water partition coefficient (Wildman–Crippen LogP) is 2.24. The molecule has 0 spiro atoms. The molecular formula is C13H13N3O2. The molecule has 0 radical (unpaired) electrons. The van der Waals surface area contributed by atoms with Crippen molar-refractivity contribution in [3.8, 4) is 11.5 Å². The summed E-state index contributed by atoms with van der Waals surface area (Å²) < 4.78 is 5.60. The SMILES string of the molecule is NC(=O)N(N)c1ccc(Oc2ccccc2)cc1. The van der Waals surface area contributed by atoms with Crippen LogP contribution in [0.5, 0.6) is 11.5 Å². The van der Waals surface area contributed by atoms with Crippen LogP contribution in [0.2, 0.25) is 0 Å². The summed E-state index contributed by atoms with van der Waals surface area (Å²) in [6.07, 6.45) is 0. The molecule has 2 rings (SSSR count). The summed E-state index contributed by atoms with van der Waals surface area (Å²) in [5.74, 6) is 6.85. The fraction of sp³-hybridized carbons (Fsp3) is 0. The van der Waals surface area contributed by atoms with Crippen LogP contribution in [-0.2, 0) is 0 Å². The van der Waals surface area contributed by atoms with E-state index in [0.717, 1.165) is 10.8 Å². The van der Waals surface area contributed by atoms with Gasteiger partial charge in [0.15, 0.2) is 0 Å². The number of hydrazine groups is 1. The Morgan fingerprint density at radius 3 is 2.06 bits per heavy atom. The second-order valence-electron chi connectivity index (χ2n) is 3.62. The molecule has 0 unspecified atom stereocenters. The Labute approximate surface area is 105 Å². The number of amides is 2. The summed E-state index contributed by atoms with van der Waals surface area (Å²) in [6, 6.07) is 15.4. The highest BCUT2D eigenvalue weighted by atomic mass is 16.5. The highest BCUT2D eigenvalue weighted by molar-refractivity contribution is 5.89. The number of hydrogen-bond donors (Lipinski definition) is 2. The van der Waals surface area contributed by atoms with E-state index in [-0.39, 0.29) is 0 Å². The summed E-state index contributed by atoms with van der Waals surface area (Å²) in [5.41, 5.74) is 5.56. The minimum atomic E-state index is -0.716. The van der Waals surface area contributed by atoms with Gasteiger partial charge in [0.05, 0.1) is 5.69 Å². The second kappa shape index (κ2) is 5.20. The van der Waals surface area contributed by atoms with Crippen LogP contribution >= 0.6 is 0 Å². The molecule has 0 saturated carbocycles. The fourth-order valence-electron chi connectivity index (χ4n) is 1.43. The van der Waals surface area contributed by atoms with Gasteiger partial charge in [-0.05, 0) is 36.4 Å². The molecule has 0 aliphatic carbocycles. The number of urea groups is 1. The maximum atomic E-state index is 10.9. The van der Waals surface area contributed by atoms with Gasteiger partial charge in [0.25, 0.3) is 0 Å².